The molecule has 7 heteroatoms. The highest BCUT2D eigenvalue weighted by atomic mass is 16.5. The first-order valence-corrected chi connectivity index (χ1v) is 8.67. The van der Waals surface area contributed by atoms with Gasteiger partial charge in [-0.15, -0.1) is 0 Å². The lowest BCUT2D eigenvalue weighted by Gasteiger charge is -2.23. The molecule has 0 saturated heterocycles. The van der Waals surface area contributed by atoms with Crippen molar-refractivity contribution in [3.63, 3.8) is 0 Å². The van der Waals surface area contributed by atoms with Crippen LogP contribution in [0.3, 0.4) is 0 Å². The Hall–Kier alpha value is -3.61. The summed E-state index contributed by atoms with van der Waals surface area (Å²) in [5.41, 5.74) is 4.00. The van der Waals surface area contributed by atoms with Gasteiger partial charge in [-0.1, -0.05) is 24.3 Å². The Morgan fingerprint density at radius 2 is 1.93 bits per heavy atom. The van der Waals surface area contributed by atoms with Gasteiger partial charge in [0.15, 0.2) is 12.4 Å². The summed E-state index contributed by atoms with van der Waals surface area (Å²) in [5.74, 6) is 0.0881. The van der Waals surface area contributed by atoms with Gasteiger partial charge in [-0.05, 0) is 24.3 Å². The maximum atomic E-state index is 13.1. The number of carbonyl (C=O) groups excluding carboxylic acids is 2. The summed E-state index contributed by atoms with van der Waals surface area (Å²) in [7, 11) is 0. The van der Waals surface area contributed by atoms with Crippen LogP contribution in [0.2, 0.25) is 0 Å². The Balaban J connectivity index is 1.44. The highest BCUT2D eigenvalue weighted by molar-refractivity contribution is 6.03. The molecule has 2 amide bonds. The summed E-state index contributed by atoms with van der Waals surface area (Å²) in [5, 5.41) is 7.20. The number of hydrogen-bond donors (Lipinski definition) is 1. The lowest BCUT2D eigenvalue weighted by atomic mass is 10.1. The first kappa shape index (κ1) is 15.6. The molecule has 2 aromatic carbocycles. The second-order valence-corrected chi connectivity index (χ2v) is 6.54. The normalized spacial score (nSPS) is 15.0. The Labute approximate surface area is 155 Å². The Bertz CT molecular complexity index is 1060. The number of nitrogens with one attached hydrogen (secondary N) is 1. The van der Waals surface area contributed by atoms with Crippen LogP contribution >= 0.6 is 0 Å². The van der Waals surface area contributed by atoms with Crippen molar-refractivity contribution in [3.8, 4) is 11.4 Å². The highest BCUT2D eigenvalue weighted by Gasteiger charge is 2.31. The van der Waals surface area contributed by atoms with Gasteiger partial charge in [0.05, 0.1) is 35.4 Å². The van der Waals surface area contributed by atoms with Crippen LogP contribution in [0.25, 0.3) is 5.69 Å². The molecule has 27 heavy (non-hydrogen) atoms. The first-order chi connectivity index (χ1) is 13.2. The fourth-order valence-electron chi connectivity index (χ4n) is 3.54. The van der Waals surface area contributed by atoms with E-state index < -0.39 is 0 Å². The van der Waals surface area contributed by atoms with Crippen LogP contribution in [0.5, 0.6) is 5.75 Å². The number of para-hydroxylation sites is 2. The SMILES string of the molecule is O=C1COc2c(cccc2C(=O)N2Cc3cnn(-c4ccccc4)c3C2)N1. The molecule has 1 aromatic heterocycles. The number of hydrogen-bond acceptors (Lipinski definition) is 4. The molecule has 0 saturated carbocycles. The van der Waals surface area contributed by atoms with Crippen molar-refractivity contribution in [2.24, 2.45) is 0 Å². The average Bonchev–Trinajstić information content (AvgIpc) is 3.28. The minimum absolute atomic E-state index is 0.0829. The molecule has 1 N–H and O–H groups in total. The quantitative estimate of drug-likeness (QED) is 0.761. The van der Waals surface area contributed by atoms with E-state index in [1.165, 1.54) is 0 Å². The molecule has 3 aromatic rings. The number of ether oxygens (including phenoxy) is 1. The van der Waals surface area contributed by atoms with Crippen LogP contribution in [0.4, 0.5) is 5.69 Å². The molecule has 7 nitrogen and oxygen atoms in total. The number of aromatic nitrogens is 2. The molecule has 0 spiro atoms. The molecule has 0 aliphatic carbocycles. The number of nitrogens with zero attached hydrogens (tertiary/aromatic N) is 3. The fourth-order valence-corrected chi connectivity index (χ4v) is 3.54. The molecule has 0 atom stereocenters. The monoisotopic (exact) mass is 360 g/mol. The fraction of sp³-hybridized carbons (Fsp3) is 0.150. The Morgan fingerprint density at radius 1 is 1.07 bits per heavy atom. The van der Waals surface area contributed by atoms with Crippen molar-refractivity contribution in [2.75, 3.05) is 11.9 Å². The van der Waals surface area contributed by atoms with Gasteiger partial charge in [-0.2, -0.15) is 5.10 Å². The van der Waals surface area contributed by atoms with Crippen LogP contribution in [-0.2, 0) is 17.9 Å². The van der Waals surface area contributed by atoms with Crippen molar-refractivity contribution < 1.29 is 14.3 Å². The molecule has 0 fully saturated rings. The topological polar surface area (TPSA) is 76.5 Å². The third-order valence-corrected chi connectivity index (χ3v) is 4.81. The number of anilines is 1. The predicted octanol–water partition coefficient (Wildman–Crippen LogP) is 2.36. The van der Waals surface area contributed by atoms with Crippen molar-refractivity contribution in [1.82, 2.24) is 14.7 Å². The Kier molecular flexibility index (Phi) is 3.46. The smallest absolute Gasteiger partial charge is 0.262 e. The van der Waals surface area contributed by atoms with E-state index in [0.717, 1.165) is 16.9 Å². The van der Waals surface area contributed by atoms with Gasteiger partial charge in [-0.25, -0.2) is 4.68 Å². The van der Waals surface area contributed by atoms with E-state index in [0.29, 0.717) is 30.1 Å². The number of benzene rings is 2. The van der Waals surface area contributed by atoms with Crippen LogP contribution in [-0.4, -0.2) is 33.1 Å². The second-order valence-electron chi connectivity index (χ2n) is 6.54. The molecule has 134 valence electrons. The van der Waals surface area contributed by atoms with Crippen molar-refractivity contribution >= 4 is 17.5 Å². The van der Waals surface area contributed by atoms with E-state index in [1.807, 2.05) is 41.2 Å². The summed E-state index contributed by atoms with van der Waals surface area (Å²) in [6, 6.07) is 15.1. The molecule has 2 aliphatic rings. The molecule has 5 rings (SSSR count). The van der Waals surface area contributed by atoms with E-state index in [4.69, 9.17) is 4.74 Å². The molecular weight excluding hydrogens is 344 g/mol. The maximum Gasteiger partial charge on any atom is 0.262 e. The van der Waals surface area contributed by atoms with Gasteiger partial charge in [0.2, 0.25) is 0 Å². The van der Waals surface area contributed by atoms with Gasteiger partial charge < -0.3 is 15.0 Å². The lowest BCUT2D eigenvalue weighted by molar-refractivity contribution is -0.118. The van der Waals surface area contributed by atoms with Gasteiger partial charge >= 0.3 is 0 Å². The number of fused-ring (bicyclic) bond motifs is 2. The lowest BCUT2D eigenvalue weighted by Crippen LogP contribution is -2.30. The Morgan fingerprint density at radius 3 is 2.78 bits per heavy atom. The number of amides is 2. The minimum Gasteiger partial charge on any atom is -0.481 e. The first-order valence-electron chi connectivity index (χ1n) is 8.67. The molecule has 0 radical (unpaired) electrons. The number of rotatable bonds is 2. The van der Waals surface area contributed by atoms with E-state index in [2.05, 4.69) is 10.4 Å². The van der Waals surface area contributed by atoms with Gasteiger partial charge in [0.1, 0.15) is 0 Å². The predicted molar refractivity (Wildman–Crippen MR) is 97.7 cm³/mol. The van der Waals surface area contributed by atoms with Gasteiger partial charge in [-0.3, -0.25) is 9.59 Å². The third-order valence-electron chi connectivity index (χ3n) is 4.81. The molecule has 3 heterocycles. The van der Waals surface area contributed by atoms with Gasteiger partial charge in [0.25, 0.3) is 11.8 Å². The average molecular weight is 360 g/mol. The van der Waals surface area contributed by atoms with Crippen molar-refractivity contribution in [2.45, 2.75) is 13.1 Å². The van der Waals surface area contributed by atoms with Crippen LogP contribution in [0, 0.1) is 0 Å². The molecular formula is C20H16N4O3. The zero-order valence-electron chi connectivity index (χ0n) is 14.4. The molecule has 2 aliphatic heterocycles. The van der Waals surface area contributed by atoms with Crippen molar-refractivity contribution in [1.29, 1.82) is 0 Å². The summed E-state index contributed by atoms with van der Waals surface area (Å²) in [6.07, 6.45) is 1.81. The third kappa shape index (κ3) is 2.55. The standard InChI is InChI=1S/C20H16N4O3/c25-18-12-27-19-15(7-4-8-16(19)22-18)20(26)23-10-13-9-21-24(17(13)11-23)14-5-2-1-3-6-14/h1-9H,10-12H2,(H,22,25). The van der Waals surface area contributed by atoms with Gasteiger partial charge in [0, 0.05) is 12.1 Å². The largest absolute Gasteiger partial charge is 0.481 e. The minimum atomic E-state index is -0.219. The van der Waals surface area contributed by atoms with E-state index in [-0.39, 0.29) is 18.4 Å². The maximum absolute atomic E-state index is 13.1. The second kappa shape index (κ2) is 5.98. The van der Waals surface area contributed by atoms with Crippen molar-refractivity contribution in [3.05, 3.63) is 71.5 Å². The van der Waals surface area contributed by atoms with Crippen LogP contribution in [0.15, 0.2) is 54.7 Å². The molecule has 0 bridgehead atoms. The number of carbonyl (C=O) groups is 2. The highest BCUT2D eigenvalue weighted by Crippen LogP contribution is 2.34. The molecule has 0 unspecified atom stereocenters. The summed E-state index contributed by atoms with van der Waals surface area (Å²) >= 11 is 0. The zero-order chi connectivity index (χ0) is 18.4. The zero-order valence-corrected chi connectivity index (χ0v) is 14.4. The summed E-state index contributed by atoms with van der Waals surface area (Å²) in [4.78, 5) is 26.4. The van der Waals surface area contributed by atoms with E-state index >= 15 is 0 Å². The van der Waals surface area contributed by atoms with E-state index in [1.54, 1.807) is 23.1 Å². The summed E-state index contributed by atoms with van der Waals surface area (Å²) < 4.78 is 7.40. The summed E-state index contributed by atoms with van der Waals surface area (Å²) in [6.45, 7) is 0.886. The van der Waals surface area contributed by atoms with E-state index in [9.17, 15) is 9.59 Å². The van der Waals surface area contributed by atoms with Crippen LogP contribution in [0.1, 0.15) is 21.6 Å². The van der Waals surface area contributed by atoms with Crippen LogP contribution < -0.4 is 10.1 Å².